The van der Waals surface area contributed by atoms with Crippen molar-refractivity contribution < 1.29 is 14.2 Å². The van der Waals surface area contributed by atoms with E-state index in [2.05, 4.69) is 39.9 Å². The minimum Gasteiger partial charge on any atom is -0.493 e. The van der Waals surface area contributed by atoms with Gasteiger partial charge in [-0.15, -0.1) is 0 Å². The van der Waals surface area contributed by atoms with Crippen molar-refractivity contribution >= 4 is 5.96 Å². The van der Waals surface area contributed by atoms with Crippen molar-refractivity contribution in [2.45, 2.75) is 31.7 Å². The van der Waals surface area contributed by atoms with Crippen LogP contribution in [0.15, 0.2) is 41.4 Å². The molecule has 1 atom stereocenters. The number of aliphatic imine (C=N–C) groups is 1. The molecule has 0 amide bonds. The third-order valence-electron chi connectivity index (χ3n) is 5.42. The van der Waals surface area contributed by atoms with Gasteiger partial charge < -0.3 is 24.8 Å². The molecule has 6 nitrogen and oxygen atoms in total. The summed E-state index contributed by atoms with van der Waals surface area (Å²) in [5.41, 5.74) is 3.96. The molecule has 2 aromatic rings. The van der Waals surface area contributed by atoms with Crippen LogP contribution in [0.1, 0.15) is 35.4 Å². The molecule has 1 aliphatic carbocycles. The minimum absolute atomic E-state index is 0.514. The zero-order valence-corrected chi connectivity index (χ0v) is 17.7. The van der Waals surface area contributed by atoms with Crippen molar-refractivity contribution in [1.29, 1.82) is 0 Å². The number of nitrogens with one attached hydrogen (secondary N) is 2. The van der Waals surface area contributed by atoms with Gasteiger partial charge in [0.25, 0.3) is 0 Å². The van der Waals surface area contributed by atoms with E-state index in [1.807, 2.05) is 12.1 Å². The third-order valence-corrected chi connectivity index (χ3v) is 5.42. The van der Waals surface area contributed by atoms with E-state index in [-0.39, 0.29) is 0 Å². The lowest BCUT2D eigenvalue weighted by Crippen LogP contribution is -2.39. The van der Waals surface area contributed by atoms with Crippen molar-refractivity contribution in [3.63, 3.8) is 0 Å². The first-order chi connectivity index (χ1) is 14.2. The molecule has 2 N–H and O–H groups in total. The minimum atomic E-state index is 0.514. The Bertz CT molecular complexity index is 826. The van der Waals surface area contributed by atoms with Gasteiger partial charge in [-0.3, -0.25) is 4.99 Å². The van der Waals surface area contributed by atoms with Crippen molar-refractivity contribution in [3.05, 3.63) is 53.1 Å². The predicted octanol–water partition coefficient (Wildman–Crippen LogP) is 3.50. The molecule has 6 heteroatoms. The Morgan fingerprint density at radius 1 is 1.03 bits per heavy atom. The van der Waals surface area contributed by atoms with Gasteiger partial charge in [0.1, 0.15) is 0 Å². The number of rotatable bonds is 7. The van der Waals surface area contributed by atoms with Gasteiger partial charge in [0.15, 0.2) is 17.5 Å². The average molecular weight is 398 g/mol. The van der Waals surface area contributed by atoms with Gasteiger partial charge in [-0.2, -0.15) is 0 Å². The molecule has 0 saturated carbocycles. The smallest absolute Gasteiger partial charge is 0.203 e. The molecule has 0 radical (unpaired) electrons. The van der Waals surface area contributed by atoms with E-state index >= 15 is 0 Å². The van der Waals surface area contributed by atoms with E-state index in [4.69, 9.17) is 14.2 Å². The molecule has 1 aliphatic rings. The van der Waals surface area contributed by atoms with Crippen LogP contribution >= 0.6 is 0 Å². The second-order valence-electron chi connectivity index (χ2n) is 7.13. The number of hydrogen-bond donors (Lipinski definition) is 2. The Morgan fingerprint density at radius 3 is 2.41 bits per heavy atom. The maximum atomic E-state index is 5.43. The summed E-state index contributed by atoms with van der Waals surface area (Å²) in [6.45, 7) is 1.46. The Kier molecular flexibility index (Phi) is 7.22. The molecule has 1 unspecified atom stereocenters. The van der Waals surface area contributed by atoms with Crippen LogP contribution < -0.4 is 24.8 Å². The second kappa shape index (κ2) is 10.0. The molecule has 0 fully saturated rings. The summed E-state index contributed by atoms with van der Waals surface area (Å²) in [5, 5.41) is 6.86. The number of ether oxygens (including phenoxy) is 3. The Balaban J connectivity index is 1.62. The van der Waals surface area contributed by atoms with Crippen LogP contribution in [0.5, 0.6) is 17.2 Å². The SMILES string of the molecule is CN=C(NCc1cc(OC)c(OC)c(OC)c1)NCC1CCCc2ccccc21. The lowest BCUT2D eigenvalue weighted by molar-refractivity contribution is 0.323. The van der Waals surface area contributed by atoms with Gasteiger partial charge >= 0.3 is 0 Å². The van der Waals surface area contributed by atoms with Crippen LogP contribution in [0.3, 0.4) is 0 Å². The average Bonchev–Trinajstić information content (AvgIpc) is 2.78. The molecule has 2 aromatic carbocycles. The van der Waals surface area contributed by atoms with Crippen LogP contribution in [0.2, 0.25) is 0 Å². The molecule has 0 aromatic heterocycles. The van der Waals surface area contributed by atoms with Gasteiger partial charge in [-0.25, -0.2) is 0 Å². The van der Waals surface area contributed by atoms with Gasteiger partial charge in [-0.05, 0) is 48.1 Å². The third kappa shape index (κ3) is 4.94. The molecule has 3 rings (SSSR count). The summed E-state index contributed by atoms with van der Waals surface area (Å²) in [6, 6.07) is 12.7. The Morgan fingerprint density at radius 2 is 1.76 bits per heavy atom. The van der Waals surface area contributed by atoms with E-state index < -0.39 is 0 Å². The van der Waals surface area contributed by atoms with Gasteiger partial charge in [0.2, 0.25) is 5.75 Å². The number of methoxy groups -OCH3 is 3. The zero-order chi connectivity index (χ0) is 20.6. The molecule has 29 heavy (non-hydrogen) atoms. The van der Waals surface area contributed by atoms with Crippen LogP contribution in [-0.2, 0) is 13.0 Å². The predicted molar refractivity (Wildman–Crippen MR) is 116 cm³/mol. The summed E-state index contributed by atoms with van der Waals surface area (Å²) in [5.74, 6) is 3.18. The molecule has 0 spiro atoms. The normalized spacial score (nSPS) is 16.0. The number of benzene rings is 2. The highest BCUT2D eigenvalue weighted by atomic mass is 16.5. The molecule has 156 valence electrons. The molecule has 0 heterocycles. The molecule has 0 aliphatic heterocycles. The first-order valence-corrected chi connectivity index (χ1v) is 10.0. The number of guanidine groups is 1. The molecule has 0 bridgehead atoms. The largest absolute Gasteiger partial charge is 0.493 e. The molecular weight excluding hydrogens is 366 g/mol. The highest BCUT2D eigenvalue weighted by molar-refractivity contribution is 5.79. The van der Waals surface area contributed by atoms with Crippen molar-refractivity contribution in [3.8, 4) is 17.2 Å². The van der Waals surface area contributed by atoms with E-state index in [1.165, 1.54) is 30.4 Å². The van der Waals surface area contributed by atoms with Crippen molar-refractivity contribution in [1.82, 2.24) is 10.6 Å². The van der Waals surface area contributed by atoms with Crippen LogP contribution in [-0.4, -0.2) is 40.9 Å². The quantitative estimate of drug-likeness (QED) is 0.553. The number of nitrogens with zero attached hydrogens (tertiary/aromatic N) is 1. The summed E-state index contributed by atoms with van der Waals surface area (Å²) in [6.07, 6.45) is 3.62. The fraction of sp³-hybridized carbons (Fsp3) is 0.435. The molecular formula is C23H31N3O3. The zero-order valence-electron chi connectivity index (χ0n) is 17.7. The van der Waals surface area contributed by atoms with Gasteiger partial charge in [-0.1, -0.05) is 24.3 Å². The monoisotopic (exact) mass is 397 g/mol. The summed E-state index contributed by atoms with van der Waals surface area (Å²) in [7, 11) is 6.64. The lowest BCUT2D eigenvalue weighted by Gasteiger charge is -2.26. The standard InChI is InChI=1S/C23H31N3O3/c1-24-23(26-15-18-10-7-9-17-8-5-6-11-19(17)18)25-14-16-12-20(27-2)22(29-4)21(13-16)28-3/h5-6,8,11-13,18H,7,9-10,14-15H2,1-4H3,(H2,24,25,26). The first kappa shape index (κ1) is 20.8. The Hall–Kier alpha value is -2.89. The maximum absolute atomic E-state index is 5.43. The number of hydrogen-bond acceptors (Lipinski definition) is 4. The maximum Gasteiger partial charge on any atom is 0.203 e. The topological polar surface area (TPSA) is 64.1 Å². The van der Waals surface area contributed by atoms with E-state index in [0.717, 1.165) is 18.1 Å². The van der Waals surface area contributed by atoms with E-state index in [0.29, 0.717) is 29.7 Å². The highest BCUT2D eigenvalue weighted by Crippen LogP contribution is 2.38. The molecule has 0 saturated heterocycles. The Labute approximate surface area is 173 Å². The lowest BCUT2D eigenvalue weighted by atomic mass is 9.83. The first-order valence-electron chi connectivity index (χ1n) is 10.0. The van der Waals surface area contributed by atoms with Gasteiger partial charge in [0, 0.05) is 26.1 Å². The number of aryl methyl sites for hydroxylation is 1. The van der Waals surface area contributed by atoms with E-state index in [9.17, 15) is 0 Å². The summed E-state index contributed by atoms with van der Waals surface area (Å²) >= 11 is 0. The second-order valence-corrected chi connectivity index (χ2v) is 7.13. The van der Waals surface area contributed by atoms with Crippen LogP contribution in [0, 0.1) is 0 Å². The van der Waals surface area contributed by atoms with E-state index in [1.54, 1.807) is 28.4 Å². The fourth-order valence-corrected chi connectivity index (χ4v) is 3.93. The number of fused-ring (bicyclic) bond motifs is 1. The van der Waals surface area contributed by atoms with Gasteiger partial charge in [0.05, 0.1) is 21.3 Å². The summed E-state index contributed by atoms with van der Waals surface area (Å²) < 4.78 is 16.3. The highest BCUT2D eigenvalue weighted by Gasteiger charge is 2.20. The van der Waals surface area contributed by atoms with Crippen molar-refractivity contribution in [2.24, 2.45) is 4.99 Å². The van der Waals surface area contributed by atoms with Crippen LogP contribution in [0.4, 0.5) is 0 Å². The summed E-state index contributed by atoms with van der Waals surface area (Å²) in [4.78, 5) is 4.37. The van der Waals surface area contributed by atoms with Crippen LogP contribution in [0.25, 0.3) is 0 Å². The van der Waals surface area contributed by atoms with Crippen molar-refractivity contribution in [2.75, 3.05) is 34.9 Å². The fourth-order valence-electron chi connectivity index (χ4n) is 3.93.